The molecule has 0 saturated carbocycles. The highest BCUT2D eigenvalue weighted by atomic mass is 32.1. The topological polar surface area (TPSA) is 62.3 Å². The molecule has 0 fully saturated rings. The molecule has 2 heterocycles. The standard InChI is InChI=1S/C32H37N3O4S2/c1-4-33(23-27(21-25-13-7-5-8-14-25)34(31(36)38-2)29-17-11-19-40-29)24-28(22-26-15-9-6-10-16-26)35(32(37)39-3)30-18-12-20-41-30/h5-20,27-28H,4,21-24H2,1-3H3/t27-,28-/m0/s1. The van der Waals surface area contributed by atoms with Crippen LogP contribution in [0.1, 0.15) is 18.1 Å². The van der Waals surface area contributed by atoms with Crippen molar-refractivity contribution in [3.8, 4) is 0 Å². The van der Waals surface area contributed by atoms with Gasteiger partial charge in [-0.2, -0.15) is 0 Å². The molecule has 9 heteroatoms. The molecule has 0 radical (unpaired) electrons. The molecule has 7 nitrogen and oxygen atoms in total. The lowest BCUT2D eigenvalue weighted by Crippen LogP contribution is -2.53. The van der Waals surface area contributed by atoms with E-state index in [9.17, 15) is 9.59 Å². The maximum Gasteiger partial charge on any atom is 0.414 e. The van der Waals surface area contributed by atoms with Crippen molar-refractivity contribution in [3.05, 3.63) is 107 Å². The van der Waals surface area contributed by atoms with Crippen LogP contribution < -0.4 is 9.80 Å². The predicted octanol–water partition coefficient (Wildman–Crippen LogP) is 7.20. The molecule has 0 aliphatic rings. The minimum atomic E-state index is -0.389. The zero-order chi connectivity index (χ0) is 29.0. The third-order valence-electron chi connectivity index (χ3n) is 6.97. The number of benzene rings is 2. The van der Waals surface area contributed by atoms with Crippen molar-refractivity contribution in [2.45, 2.75) is 31.8 Å². The Bertz CT molecular complexity index is 1220. The second-order valence-electron chi connectivity index (χ2n) is 9.62. The van der Waals surface area contributed by atoms with Gasteiger partial charge in [-0.05, 0) is 65.5 Å². The van der Waals surface area contributed by atoms with Gasteiger partial charge in [-0.1, -0.05) is 67.6 Å². The smallest absolute Gasteiger partial charge is 0.414 e. The Balaban J connectivity index is 1.67. The fourth-order valence-electron chi connectivity index (χ4n) is 5.02. The number of hydrogen-bond acceptors (Lipinski definition) is 7. The van der Waals surface area contributed by atoms with Gasteiger partial charge in [0.05, 0.1) is 26.3 Å². The SMILES string of the molecule is CCN(C[C@H](Cc1ccccc1)N(C(=O)OC)c1cccs1)C[C@H](Cc1ccccc1)N(C(=O)OC)c1cccs1. The molecule has 0 saturated heterocycles. The Morgan fingerprint density at radius 3 is 1.39 bits per heavy atom. The number of nitrogens with zero attached hydrogens (tertiary/aromatic N) is 3. The van der Waals surface area contributed by atoms with Gasteiger partial charge in [-0.25, -0.2) is 9.59 Å². The quantitative estimate of drug-likeness (QED) is 0.165. The first-order valence-corrected chi connectivity index (χ1v) is 15.4. The summed E-state index contributed by atoms with van der Waals surface area (Å²) in [5, 5.41) is 5.61. The van der Waals surface area contributed by atoms with Gasteiger partial charge < -0.3 is 9.47 Å². The Kier molecular flexibility index (Phi) is 11.4. The lowest BCUT2D eigenvalue weighted by Gasteiger charge is -2.37. The molecule has 0 aliphatic heterocycles. The fourth-order valence-corrected chi connectivity index (χ4v) is 6.61. The van der Waals surface area contributed by atoms with Crippen molar-refractivity contribution in [2.75, 3.05) is 43.7 Å². The Morgan fingerprint density at radius 2 is 1.07 bits per heavy atom. The third-order valence-corrected chi connectivity index (χ3v) is 8.71. The van der Waals surface area contributed by atoms with Crippen molar-refractivity contribution in [2.24, 2.45) is 0 Å². The van der Waals surface area contributed by atoms with Crippen LogP contribution in [0.2, 0.25) is 0 Å². The molecule has 2 amide bonds. The molecule has 2 aromatic carbocycles. The van der Waals surface area contributed by atoms with Gasteiger partial charge in [0.15, 0.2) is 0 Å². The van der Waals surface area contributed by atoms with Crippen LogP contribution in [0.4, 0.5) is 19.6 Å². The Labute approximate surface area is 250 Å². The zero-order valence-electron chi connectivity index (χ0n) is 23.7. The average molecular weight is 592 g/mol. The summed E-state index contributed by atoms with van der Waals surface area (Å²) in [5.41, 5.74) is 2.27. The van der Waals surface area contributed by atoms with Gasteiger partial charge in [0.1, 0.15) is 10.0 Å². The lowest BCUT2D eigenvalue weighted by molar-refractivity contribution is 0.167. The molecule has 216 valence electrons. The summed E-state index contributed by atoms with van der Waals surface area (Å²) >= 11 is 3.03. The van der Waals surface area contributed by atoms with E-state index in [1.54, 1.807) is 9.80 Å². The maximum atomic E-state index is 13.2. The minimum Gasteiger partial charge on any atom is -0.452 e. The summed E-state index contributed by atoms with van der Waals surface area (Å²) in [7, 11) is 2.84. The molecule has 41 heavy (non-hydrogen) atoms. The van der Waals surface area contributed by atoms with Crippen LogP contribution in [0.5, 0.6) is 0 Å². The van der Waals surface area contributed by atoms with E-state index in [2.05, 4.69) is 36.1 Å². The van der Waals surface area contributed by atoms with Crippen molar-refractivity contribution in [1.82, 2.24) is 4.90 Å². The van der Waals surface area contributed by atoms with Gasteiger partial charge in [-0.15, -0.1) is 22.7 Å². The van der Waals surface area contributed by atoms with Crippen LogP contribution in [-0.2, 0) is 22.3 Å². The number of methoxy groups -OCH3 is 2. The van der Waals surface area contributed by atoms with Crippen LogP contribution >= 0.6 is 22.7 Å². The molecule has 0 bridgehead atoms. The highest BCUT2D eigenvalue weighted by Gasteiger charge is 2.32. The van der Waals surface area contributed by atoms with E-state index in [0.717, 1.165) is 27.7 Å². The van der Waals surface area contributed by atoms with Crippen LogP contribution in [0.25, 0.3) is 0 Å². The molecule has 4 rings (SSSR count). The highest BCUT2D eigenvalue weighted by Crippen LogP contribution is 2.29. The normalized spacial score (nSPS) is 12.5. The highest BCUT2D eigenvalue weighted by molar-refractivity contribution is 7.14. The summed E-state index contributed by atoms with van der Waals surface area (Å²) in [6, 6.07) is 27.8. The molecule has 0 aliphatic carbocycles. The molecule has 0 unspecified atom stereocenters. The van der Waals surface area contributed by atoms with Gasteiger partial charge in [-0.3, -0.25) is 14.7 Å². The molecule has 0 N–H and O–H groups in total. The first kappa shape index (κ1) is 30.3. The number of amides is 2. The van der Waals surface area contributed by atoms with Crippen LogP contribution in [0, 0.1) is 0 Å². The fraction of sp³-hybridized carbons (Fsp3) is 0.312. The summed E-state index contributed by atoms with van der Waals surface area (Å²) in [6.45, 7) is 4.02. The van der Waals surface area contributed by atoms with E-state index in [4.69, 9.17) is 9.47 Å². The number of carbonyl (C=O) groups excluding carboxylic acids is 2. The predicted molar refractivity (Wildman–Crippen MR) is 168 cm³/mol. The number of carbonyl (C=O) groups is 2. The van der Waals surface area contributed by atoms with E-state index in [1.165, 1.54) is 36.9 Å². The minimum absolute atomic E-state index is 0.200. The van der Waals surface area contributed by atoms with Gasteiger partial charge in [0.2, 0.25) is 0 Å². The number of ether oxygens (including phenoxy) is 2. The van der Waals surface area contributed by atoms with Crippen molar-refractivity contribution in [3.63, 3.8) is 0 Å². The Morgan fingerprint density at radius 1 is 0.659 bits per heavy atom. The van der Waals surface area contributed by atoms with Crippen LogP contribution in [0.15, 0.2) is 95.7 Å². The number of hydrogen-bond donors (Lipinski definition) is 0. The maximum absolute atomic E-state index is 13.2. The van der Waals surface area contributed by atoms with Crippen LogP contribution in [-0.4, -0.2) is 63.0 Å². The third kappa shape index (κ3) is 8.19. The molecular weight excluding hydrogens is 555 g/mol. The number of likely N-dealkylation sites (N-methyl/N-ethyl adjacent to an activating group) is 1. The molecule has 2 atom stereocenters. The molecule has 2 aromatic heterocycles. The number of thiophene rings is 2. The molecule has 0 spiro atoms. The lowest BCUT2D eigenvalue weighted by atomic mass is 10.0. The molecular formula is C32H37N3O4S2. The van der Waals surface area contributed by atoms with Crippen molar-refractivity contribution in [1.29, 1.82) is 0 Å². The van der Waals surface area contributed by atoms with Gasteiger partial charge in [0.25, 0.3) is 0 Å². The zero-order valence-corrected chi connectivity index (χ0v) is 25.4. The average Bonchev–Trinajstić information content (AvgIpc) is 3.73. The second kappa shape index (κ2) is 15.4. The monoisotopic (exact) mass is 591 g/mol. The Hall–Kier alpha value is -3.66. The summed E-state index contributed by atoms with van der Waals surface area (Å²) in [4.78, 5) is 32.2. The molecule has 4 aromatic rings. The van der Waals surface area contributed by atoms with E-state index < -0.39 is 0 Å². The van der Waals surface area contributed by atoms with E-state index in [0.29, 0.717) is 25.9 Å². The van der Waals surface area contributed by atoms with Gasteiger partial charge >= 0.3 is 12.2 Å². The van der Waals surface area contributed by atoms with Gasteiger partial charge in [0, 0.05) is 13.1 Å². The summed E-state index contributed by atoms with van der Waals surface area (Å²) in [6.07, 6.45) is 0.527. The first-order chi connectivity index (χ1) is 20.0. The van der Waals surface area contributed by atoms with E-state index in [-0.39, 0.29) is 24.3 Å². The van der Waals surface area contributed by atoms with Crippen molar-refractivity contribution >= 4 is 44.9 Å². The van der Waals surface area contributed by atoms with E-state index in [1.807, 2.05) is 71.4 Å². The number of rotatable bonds is 13. The second-order valence-corrected chi connectivity index (χ2v) is 11.5. The summed E-state index contributed by atoms with van der Waals surface area (Å²) < 4.78 is 10.5. The van der Waals surface area contributed by atoms with Crippen LogP contribution in [0.3, 0.4) is 0 Å². The van der Waals surface area contributed by atoms with E-state index >= 15 is 0 Å². The largest absolute Gasteiger partial charge is 0.452 e. The van der Waals surface area contributed by atoms with Crippen molar-refractivity contribution < 1.29 is 19.1 Å². The number of anilines is 2. The summed E-state index contributed by atoms with van der Waals surface area (Å²) in [5.74, 6) is 0. The first-order valence-electron chi connectivity index (χ1n) is 13.7.